The molecule has 0 unspecified atom stereocenters. The molecule has 2 aromatic carbocycles. The third kappa shape index (κ3) is 4.26. The molecule has 0 aliphatic rings. The van der Waals surface area contributed by atoms with Crippen LogP contribution in [0.15, 0.2) is 42.5 Å². The first-order valence-electron chi connectivity index (χ1n) is 8.32. The number of nitrogens with zero attached hydrogens (tertiary/aromatic N) is 2. The number of amides is 1. The summed E-state index contributed by atoms with van der Waals surface area (Å²) in [5.41, 5.74) is 3.73. The molecule has 0 aliphatic carbocycles. The number of carbonyl (C=O) groups excluding carboxylic acids is 1. The van der Waals surface area contributed by atoms with Gasteiger partial charge in [-0.05, 0) is 55.8 Å². The summed E-state index contributed by atoms with van der Waals surface area (Å²) < 4.78 is 6.93. The maximum absolute atomic E-state index is 12.6. The van der Waals surface area contributed by atoms with E-state index < -0.39 is 0 Å². The molecule has 0 bridgehead atoms. The molecule has 1 N–H and O–H groups in total. The summed E-state index contributed by atoms with van der Waals surface area (Å²) in [6, 6.07) is 12.3. The van der Waals surface area contributed by atoms with E-state index in [9.17, 15) is 4.79 Å². The van der Waals surface area contributed by atoms with Crippen LogP contribution >= 0.6 is 23.2 Å². The number of methoxy groups -OCH3 is 1. The van der Waals surface area contributed by atoms with Crippen molar-refractivity contribution in [3.05, 3.63) is 75.0 Å². The van der Waals surface area contributed by atoms with Gasteiger partial charge in [0.2, 0.25) is 0 Å². The number of hydrogen-bond acceptors (Lipinski definition) is 3. The molecule has 0 saturated heterocycles. The summed E-state index contributed by atoms with van der Waals surface area (Å²) in [5, 5.41) is 8.65. The molecule has 0 spiro atoms. The molecule has 27 heavy (non-hydrogen) atoms. The lowest BCUT2D eigenvalue weighted by Gasteiger charge is -2.09. The van der Waals surface area contributed by atoms with Gasteiger partial charge in [0.25, 0.3) is 5.91 Å². The summed E-state index contributed by atoms with van der Waals surface area (Å²) in [6.07, 6.45) is 0. The zero-order chi connectivity index (χ0) is 19.6. The summed E-state index contributed by atoms with van der Waals surface area (Å²) in [4.78, 5) is 12.6. The number of ether oxygens (including phenoxy) is 1. The number of benzene rings is 2. The Morgan fingerprint density at radius 3 is 2.48 bits per heavy atom. The summed E-state index contributed by atoms with van der Waals surface area (Å²) >= 11 is 12.2. The van der Waals surface area contributed by atoms with Gasteiger partial charge in [-0.1, -0.05) is 29.3 Å². The minimum absolute atomic E-state index is 0.201. The fourth-order valence-electron chi connectivity index (χ4n) is 2.77. The number of anilines is 1. The maximum atomic E-state index is 12.6. The summed E-state index contributed by atoms with van der Waals surface area (Å²) in [5.74, 6) is 0.500. The van der Waals surface area contributed by atoms with Crippen LogP contribution in [0, 0.1) is 13.8 Å². The number of aryl methyl sites for hydroxylation is 1. The molecule has 0 radical (unpaired) electrons. The Labute approximate surface area is 167 Å². The van der Waals surface area contributed by atoms with E-state index in [4.69, 9.17) is 27.9 Å². The largest absolute Gasteiger partial charge is 0.497 e. The van der Waals surface area contributed by atoms with Crippen LogP contribution < -0.4 is 10.1 Å². The fraction of sp³-hybridized carbons (Fsp3) is 0.200. The molecule has 1 amide bonds. The highest BCUT2D eigenvalue weighted by Gasteiger charge is 2.16. The van der Waals surface area contributed by atoms with Gasteiger partial charge in [0, 0.05) is 15.6 Å². The lowest BCUT2D eigenvalue weighted by atomic mass is 10.2. The molecule has 1 aromatic heterocycles. The second kappa shape index (κ2) is 8.03. The van der Waals surface area contributed by atoms with Crippen molar-refractivity contribution in [1.82, 2.24) is 9.78 Å². The molecule has 0 atom stereocenters. The third-order valence-corrected chi connectivity index (χ3v) is 4.89. The molecule has 1 heterocycles. The Kier molecular flexibility index (Phi) is 5.73. The lowest BCUT2D eigenvalue weighted by molar-refractivity contribution is 0.102. The van der Waals surface area contributed by atoms with Crippen LogP contribution in [-0.2, 0) is 6.54 Å². The molecule has 0 aliphatic heterocycles. The number of rotatable bonds is 5. The number of nitrogens with one attached hydrogen (secondary N) is 1. The predicted octanol–water partition coefficient (Wildman–Crippen LogP) is 5.12. The average Bonchev–Trinajstić information content (AvgIpc) is 2.91. The van der Waals surface area contributed by atoms with Crippen molar-refractivity contribution < 1.29 is 9.53 Å². The normalized spacial score (nSPS) is 10.7. The highest BCUT2D eigenvalue weighted by atomic mass is 35.5. The predicted molar refractivity (Wildman–Crippen MR) is 108 cm³/mol. The van der Waals surface area contributed by atoms with E-state index in [1.54, 1.807) is 43.5 Å². The lowest BCUT2D eigenvalue weighted by Crippen LogP contribution is -2.13. The molecule has 3 rings (SSSR count). The van der Waals surface area contributed by atoms with E-state index in [2.05, 4.69) is 10.4 Å². The topological polar surface area (TPSA) is 56.1 Å². The first kappa shape index (κ1) is 19.3. The minimum Gasteiger partial charge on any atom is -0.497 e. The van der Waals surface area contributed by atoms with Crippen molar-refractivity contribution in [1.29, 1.82) is 0 Å². The molecule has 3 aromatic rings. The number of aromatic nitrogens is 2. The summed E-state index contributed by atoms with van der Waals surface area (Å²) in [6.45, 7) is 4.26. The Bertz CT molecular complexity index is 982. The average molecular weight is 404 g/mol. The van der Waals surface area contributed by atoms with Crippen LogP contribution in [0.4, 0.5) is 5.69 Å². The van der Waals surface area contributed by atoms with Crippen molar-refractivity contribution in [2.24, 2.45) is 0 Å². The van der Waals surface area contributed by atoms with Gasteiger partial charge in [-0.15, -0.1) is 0 Å². The standard InChI is InChI=1S/C20H19Cl2N3O2/c1-12-19(23-20(26)14-5-8-17(27-3)9-6-14)13(2)25(24-12)11-15-4-7-16(21)10-18(15)22/h4-10H,11H2,1-3H3,(H,23,26). The molecule has 5 nitrogen and oxygen atoms in total. The Balaban J connectivity index is 1.81. The molecule has 0 saturated carbocycles. The van der Waals surface area contributed by atoms with Gasteiger partial charge in [0.15, 0.2) is 0 Å². The quantitative estimate of drug-likeness (QED) is 0.643. The van der Waals surface area contributed by atoms with Gasteiger partial charge in [-0.3, -0.25) is 9.48 Å². The molecule has 0 fully saturated rings. The minimum atomic E-state index is -0.201. The SMILES string of the molecule is COc1ccc(C(=O)Nc2c(C)nn(Cc3ccc(Cl)cc3Cl)c2C)cc1. The first-order chi connectivity index (χ1) is 12.9. The molecular weight excluding hydrogens is 385 g/mol. The van der Waals surface area contributed by atoms with E-state index in [0.29, 0.717) is 33.6 Å². The van der Waals surface area contributed by atoms with Crippen LogP contribution in [0.25, 0.3) is 0 Å². The van der Waals surface area contributed by atoms with Crippen LogP contribution in [0.3, 0.4) is 0 Å². The van der Waals surface area contributed by atoms with Crippen molar-refractivity contribution >= 4 is 34.8 Å². The smallest absolute Gasteiger partial charge is 0.255 e. The Morgan fingerprint density at radius 1 is 1.15 bits per heavy atom. The summed E-state index contributed by atoms with van der Waals surface area (Å²) in [7, 11) is 1.59. The second-order valence-corrected chi connectivity index (χ2v) is 6.97. The van der Waals surface area contributed by atoms with E-state index in [1.165, 1.54) is 0 Å². The highest BCUT2D eigenvalue weighted by molar-refractivity contribution is 6.35. The van der Waals surface area contributed by atoms with Crippen molar-refractivity contribution in [3.8, 4) is 5.75 Å². The van der Waals surface area contributed by atoms with E-state index in [0.717, 1.165) is 17.0 Å². The monoisotopic (exact) mass is 403 g/mol. The van der Waals surface area contributed by atoms with Crippen molar-refractivity contribution in [2.45, 2.75) is 20.4 Å². The second-order valence-electron chi connectivity index (χ2n) is 6.12. The van der Waals surface area contributed by atoms with Gasteiger partial charge >= 0.3 is 0 Å². The molecule has 7 heteroatoms. The van der Waals surface area contributed by atoms with E-state index in [-0.39, 0.29) is 5.91 Å². The van der Waals surface area contributed by atoms with Crippen LogP contribution in [0.1, 0.15) is 27.3 Å². The van der Waals surface area contributed by atoms with Gasteiger partial charge in [0.05, 0.1) is 30.7 Å². The van der Waals surface area contributed by atoms with Gasteiger partial charge < -0.3 is 10.1 Å². The first-order valence-corrected chi connectivity index (χ1v) is 9.08. The van der Waals surface area contributed by atoms with Gasteiger partial charge in [-0.25, -0.2) is 0 Å². The van der Waals surface area contributed by atoms with Crippen molar-refractivity contribution in [2.75, 3.05) is 12.4 Å². The zero-order valence-electron chi connectivity index (χ0n) is 15.2. The Hall–Kier alpha value is -2.50. The Morgan fingerprint density at radius 2 is 1.85 bits per heavy atom. The van der Waals surface area contributed by atoms with Gasteiger partial charge in [0.1, 0.15) is 5.75 Å². The van der Waals surface area contributed by atoms with E-state index in [1.807, 2.05) is 24.6 Å². The van der Waals surface area contributed by atoms with Crippen LogP contribution in [0.2, 0.25) is 10.0 Å². The third-order valence-electron chi connectivity index (χ3n) is 4.31. The van der Waals surface area contributed by atoms with Gasteiger partial charge in [-0.2, -0.15) is 5.10 Å². The molecular formula is C20H19Cl2N3O2. The molecule has 140 valence electrons. The number of hydrogen-bond donors (Lipinski definition) is 1. The van der Waals surface area contributed by atoms with Crippen LogP contribution in [-0.4, -0.2) is 22.8 Å². The van der Waals surface area contributed by atoms with Crippen LogP contribution in [0.5, 0.6) is 5.75 Å². The number of carbonyl (C=O) groups is 1. The maximum Gasteiger partial charge on any atom is 0.255 e. The zero-order valence-corrected chi connectivity index (χ0v) is 16.7. The number of halogens is 2. The highest BCUT2D eigenvalue weighted by Crippen LogP contribution is 2.25. The fourth-order valence-corrected chi connectivity index (χ4v) is 3.24. The van der Waals surface area contributed by atoms with Crippen molar-refractivity contribution in [3.63, 3.8) is 0 Å². The van der Waals surface area contributed by atoms with E-state index >= 15 is 0 Å².